The summed E-state index contributed by atoms with van der Waals surface area (Å²) < 4.78 is 5.23. The van der Waals surface area contributed by atoms with Crippen LogP contribution in [0, 0.1) is 0 Å². The van der Waals surface area contributed by atoms with Crippen molar-refractivity contribution in [1.29, 1.82) is 0 Å². The molecule has 1 saturated carbocycles. The highest BCUT2D eigenvalue weighted by Crippen LogP contribution is 2.28. The van der Waals surface area contributed by atoms with Gasteiger partial charge in [-0.1, -0.05) is 32.6 Å². The second-order valence-corrected chi connectivity index (χ2v) is 5.37. The number of aryl methyl sites for hydroxylation is 1. The van der Waals surface area contributed by atoms with Gasteiger partial charge in [-0.05, 0) is 18.9 Å². The maximum absolute atomic E-state index is 12.3. The smallest absolute Gasteiger partial charge is 0.329 e. The van der Waals surface area contributed by atoms with Crippen LogP contribution in [0.3, 0.4) is 0 Å². The second kappa shape index (κ2) is 6.11. The van der Waals surface area contributed by atoms with E-state index in [1.807, 2.05) is 6.92 Å². The fourth-order valence-corrected chi connectivity index (χ4v) is 2.83. The third-order valence-corrected chi connectivity index (χ3v) is 4.03. The SMILES string of the molecule is CCc1occc1C(=O)NC1(C(=O)O)CCCCCC1. The fraction of sp³-hybridized carbons (Fsp3) is 0.600. The number of carboxylic acid groups (broad SMARTS) is 1. The van der Waals surface area contributed by atoms with Crippen molar-refractivity contribution in [2.45, 2.75) is 57.4 Å². The van der Waals surface area contributed by atoms with Crippen LogP contribution >= 0.6 is 0 Å². The van der Waals surface area contributed by atoms with Crippen molar-refractivity contribution in [3.8, 4) is 0 Å². The van der Waals surface area contributed by atoms with Gasteiger partial charge >= 0.3 is 5.97 Å². The van der Waals surface area contributed by atoms with E-state index in [9.17, 15) is 14.7 Å². The van der Waals surface area contributed by atoms with Crippen molar-refractivity contribution in [3.05, 3.63) is 23.7 Å². The molecule has 20 heavy (non-hydrogen) atoms. The molecule has 0 bridgehead atoms. The molecule has 1 aliphatic carbocycles. The first kappa shape index (κ1) is 14.6. The molecule has 5 heteroatoms. The highest BCUT2D eigenvalue weighted by atomic mass is 16.4. The quantitative estimate of drug-likeness (QED) is 0.830. The monoisotopic (exact) mass is 279 g/mol. The van der Waals surface area contributed by atoms with Gasteiger partial charge in [0.25, 0.3) is 5.91 Å². The number of amides is 1. The summed E-state index contributed by atoms with van der Waals surface area (Å²) in [5.41, 5.74) is -0.687. The second-order valence-electron chi connectivity index (χ2n) is 5.37. The normalized spacial score (nSPS) is 18.2. The van der Waals surface area contributed by atoms with Crippen molar-refractivity contribution in [3.63, 3.8) is 0 Å². The van der Waals surface area contributed by atoms with Gasteiger partial charge in [0.1, 0.15) is 11.3 Å². The Hall–Kier alpha value is -1.78. The molecule has 1 fully saturated rings. The third-order valence-electron chi connectivity index (χ3n) is 4.03. The Morgan fingerprint density at radius 3 is 2.50 bits per heavy atom. The van der Waals surface area contributed by atoms with E-state index in [4.69, 9.17) is 4.42 Å². The summed E-state index contributed by atoms with van der Waals surface area (Å²) in [6.07, 6.45) is 6.77. The summed E-state index contributed by atoms with van der Waals surface area (Å²) in [5, 5.41) is 12.3. The number of hydrogen-bond donors (Lipinski definition) is 2. The Morgan fingerprint density at radius 2 is 1.95 bits per heavy atom. The largest absolute Gasteiger partial charge is 0.480 e. The Morgan fingerprint density at radius 1 is 1.30 bits per heavy atom. The molecule has 0 radical (unpaired) electrons. The molecule has 2 rings (SSSR count). The summed E-state index contributed by atoms with van der Waals surface area (Å²) in [5.74, 6) is -0.689. The minimum absolute atomic E-state index is 0.347. The number of carbonyl (C=O) groups is 2. The van der Waals surface area contributed by atoms with E-state index in [2.05, 4.69) is 5.32 Å². The van der Waals surface area contributed by atoms with Crippen molar-refractivity contribution in [1.82, 2.24) is 5.32 Å². The summed E-state index contributed by atoms with van der Waals surface area (Å²) in [7, 11) is 0. The lowest BCUT2D eigenvalue weighted by Crippen LogP contribution is -2.54. The van der Waals surface area contributed by atoms with Gasteiger partial charge in [-0.25, -0.2) is 4.79 Å². The van der Waals surface area contributed by atoms with E-state index >= 15 is 0 Å². The molecule has 1 heterocycles. The molecule has 2 N–H and O–H groups in total. The van der Waals surface area contributed by atoms with Crippen LogP contribution in [0.2, 0.25) is 0 Å². The number of nitrogens with one attached hydrogen (secondary N) is 1. The van der Waals surface area contributed by atoms with Crippen molar-refractivity contribution in [2.75, 3.05) is 0 Å². The van der Waals surface area contributed by atoms with Gasteiger partial charge < -0.3 is 14.8 Å². The molecule has 1 aromatic rings. The molecule has 0 atom stereocenters. The number of hydrogen-bond acceptors (Lipinski definition) is 3. The van der Waals surface area contributed by atoms with Crippen LogP contribution in [0.1, 0.15) is 61.6 Å². The first-order valence-corrected chi connectivity index (χ1v) is 7.21. The zero-order valence-corrected chi connectivity index (χ0v) is 11.8. The Labute approximate surface area is 118 Å². The highest BCUT2D eigenvalue weighted by molar-refractivity contribution is 5.98. The Kier molecular flexibility index (Phi) is 4.47. The highest BCUT2D eigenvalue weighted by Gasteiger charge is 2.40. The van der Waals surface area contributed by atoms with E-state index in [-0.39, 0.29) is 5.91 Å². The predicted octanol–water partition coefficient (Wildman–Crippen LogP) is 2.75. The van der Waals surface area contributed by atoms with Crippen LogP contribution in [-0.2, 0) is 11.2 Å². The van der Waals surface area contributed by atoms with E-state index in [1.54, 1.807) is 6.07 Å². The van der Waals surface area contributed by atoms with Crippen LogP contribution in [0.5, 0.6) is 0 Å². The maximum atomic E-state index is 12.3. The van der Waals surface area contributed by atoms with Crippen molar-refractivity contribution >= 4 is 11.9 Å². The van der Waals surface area contributed by atoms with E-state index in [0.717, 1.165) is 25.7 Å². The molecular formula is C15H21NO4. The molecule has 1 aliphatic rings. The molecule has 5 nitrogen and oxygen atoms in total. The standard InChI is InChI=1S/C15H21NO4/c1-2-12-11(7-10-20-12)13(17)16-15(14(18)19)8-5-3-4-6-9-15/h7,10H,2-6,8-9H2,1H3,(H,16,17)(H,18,19). The lowest BCUT2D eigenvalue weighted by atomic mass is 9.90. The summed E-state index contributed by atoms with van der Waals surface area (Å²) >= 11 is 0. The minimum Gasteiger partial charge on any atom is -0.480 e. The molecule has 110 valence electrons. The van der Waals surface area contributed by atoms with E-state index in [1.165, 1.54) is 6.26 Å². The topological polar surface area (TPSA) is 79.5 Å². The number of carbonyl (C=O) groups excluding carboxylic acids is 1. The van der Waals surface area contributed by atoms with Gasteiger partial charge in [0.2, 0.25) is 0 Å². The van der Waals surface area contributed by atoms with Crippen LogP contribution in [0.15, 0.2) is 16.7 Å². The summed E-state index contributed by atoms with van der Waals surface area (Å²) in [4.78, 5) is 24.0. The van der Waals surface area contributed by atoms with Crippen LogP contribution < -0.4 is 5.32 Å². The van der Waals surface area contributed by atoms with Gasteiger partial charge in [-0.15, -0.1) is 0 Å². The zero-order chi connectivity index (χ0) is 14.6. The molecule has 0 spiro atoms. The lowest BCUT2D eigenvalue weighted by Gasteiger charge is -2.29. The molecule has 0 unspecified atom stereocenters. The first-order valence-electron chi connectivity index (χ1n) is 7.21. The minimum atomic E-state index is -1.13. The van der Waals surface area contributed by atoms with E-state index in [0.29, 0.717) is 30.6 Å². The number of aliphatic carboxylic acids is 1. The van der Waals surface area contributed by atoms with Crippen LogP contribution in [0.4, 0.5) is 0 Å². The molecule has 1 aromatic heterocycles. The van der Waals surface area contributed by atoms with E-state index < -0.39 is 11.5 Å². The maximum Gasteiger partial charge on any atom is 0.329 e. The first-order chi connectivity index (χ1) is 9.59. The fourth-order valence-electron chi connectivity index (χ4n) is 2.83. The molecule has 0 saturated heterocycles. The van der Waals surface area contributed by atoms with Gasteiger partial charge in [0, 0.05) is 6.42 Å². The number of furan rings is 1. The predicted molar refractivity (Wildman–Crippen MR) is 73.6 cm³/mol. The summed E-state index contributed by atoms with van der Waals surface area (Å²) in [6.45, 7) is 1.90. The average Bonchev–Trinajstić information content (AvgIpc) is 2.78. The molecule has 0 aromatic carbocycles. The lowest BCUT2D eigenvalue weighted by molar-refractivity contribution is -0.145. The molecular weight excluding hydrogens is 258 g/mol. The van der Waals surface area contributed by atoms with Gasteiger partial charge in [-0.2, -0.15) is 0 Å². The summed E-state index contributed by atoms with van der Waals surface area (Å²) in [6, 6.07) is 1.60. The average molecular weight is 279 g/mol. The molecule has 1 amide bonds. The third kappa shape index (κ3) is 2.86. The van der Waals surface area contributed by atoms with Gasteiger partial charge in [0.05, 0.1) is 11.8 Å². The Bertz CT molecular complexity index is 484. The molecule has 0 aliphatic heterocycles. The van der Waals surface area contributed by atoms with Crippen molar-refractivity contribution < 1.29 is 19.1 Å². The van der Waals surface area contributed by atoms with Gasteiger partial charge in [0.15, 0.2) is 0 Å². The number of carboxylic acids is 1. The zero-order valence-electron chi connectivity index (χ0n) is 11.8. The van der Waals surface area contributed by atoms with Crippen LogP contribution in [0.25, 0.3) is 0 Å². The van der Waals surface area contributed by atoms with Crippen LogP contribution in [-0.4, -0.2) is 22.5 Å². The number of rotatable bonds is 4. The Balaban J connectivity index is 2.19. The van der Waals surface area contributed by atoms with Gasteiger partial charge in [-0.3, -0.25) is 4.79 Å². The van der Waals surface area contributed by atoms with Crippen molar-refractivity contribution in [2.24, 2.45) is 0 Å².